The van der Waals surface area contributed by atoms with E-state index in [9.17, 15) is 43.2 Å². The summed E-state index contributed by atoms with van der Waals surface area (Å²) >= 11 is 0. The van der Waals surface area contributed by atoms with Gasteiger partial charge in [0.2, 0.25) is 0 Å². The molecule has 0 saturated heterocycles. The van der Waals surface area contributed by atoms with Crippen LogP contribution in [-0.2, 0) is 65.4 Å². The van der Waals surface area contributed by atoms with Crippen molar-refractivity contribution in [3.63, 3.8) is 0 Å². The molecule has 0 aromatic carbocycles. The summed E-state index contributed by atoms with van der Waals surface area (Å²) in [5, 5.41) is 10.5. The number of esters is 4. The molecule has 0 aliphatic heterocycles. The average Bonchev–Trinajstić information content (AvgIpc) is 3.45. The summed E-state index contributed by atoms with van der Waals surface area (Å²) in [4.78, 5) is 72.3. The van der Waals surface area contributed by atoms with Gasteiger partial charge in [0.25, 0.3) is 0 Å². The van der Waals surface area contributed by atoms with Crippen molar-refractivity contribution in [1.82, 2.24) is 0 Å². The normalized spacial score (nSPS) is 14.4. The van der Waals surface area contributed by atoms with Gasteiger partial charge < -0.3 is 33.8 Å². The molecule has 3 N–H and O–H groups in total. The molecule has 0 aliphatic rings. The minimum atomic E-state index is -4.95. The third kappa shape index (κ3) is 60.7. The number of phosphoric ester groups is 2. The predicted molar refractivity (Wildman–Crippen MR) is 340 cm³/mol. The van der Waals surface area contributed by atoms with Crippen molar-refractivity contribution >= 4 is 39.5 Å². The van der Waals surface area contributed by atoms with Crippen LogP contribution >= 0.6 is 15.6 Å². The van der Waals surface area contributed by atoms with E-state index >= 15 is 0 Å². The van der Waals surface area contributed by atoms with Gasteiger partial charge in [-0.05, 0) is 49.4 Å². The first-order valence-electron chi connectivity index (χ1n) is 34.2. The van der Waals surface area contributed by atoms with Gasteiger partial charge in [0.1, 0.15) is 19.3 Å². The molecule has 0 aliphatic carbocycles. The summed E-state index contributed by atoms with van der Waals surface area (Å²) in [5.41, 5.74) is 0. The second-order valence-electron chi connectivity index (χ2n) is 25.8. The van der Waals surface area contributed by atoms with Gasteiger partial charge in [-0.3, -0.25) is 37.3 Å². The molecule has 0 rings (SSSR count). The molecule has 0 amide bonds. The molecule has 3 unspecified atom stereocenters. The van der Waals surface area contributed by atoms with Crippen LogP contribution in [0.2, 0.25) is 0 Å². The number of phosphoric acid groups is 2. The van der Waals surface area contributed by atoms with Crippen LogP contribution < -0.4 is 0 Å². The second-order valence-corrected chi connectivity index (χ2v) is 28.7. The minimum absolute atomic E-state index is 0.102. The fraction of sp³-hybridized carbons (Fsp3) is 0.939. The topological polar surface area (TPSA) is 237 Å². The van der Waals surface area contributed by atoms with Crippen LogP contribution in [0.15, 0.2) is 0 Å². The van der Waals surface area contributed by atoms with E-state index in [2.05, 4.69) is 55.4 Å². The molecule has 0 spiro atoms. The van der Waals surface area contributed by atoms with Crippen LogP contribution in [0.4, 0.5) is 0 Å². The maximum Gasteiger partial charge on any atom is 0.472 e. The molecule has 17 nitrogen and oxygen atoms in total. The number of carbonyl (C=O) groups excluding carboxylic acids is 4. The van der Waals surface area contributed by atoms with Crippen molar-refractivity contribution < 1.29 is 80.2 Å². The summed E-state index contributed by atoms with van der Waals surface area (Å²) in [6.07, 6.45) is 36.4. The van der Waals surface area contributed by atoms with E-state index < -0.39 is 97.5 Å². The Balaban J connectivity index is 5.25. The molecule has 0 saturated carbocycles. The summed E-state index contributed by atoms with van der Waals surface area (Å²) in [7, 11) is -9.89. The number of hydrogen-bond donors (Lipinski definition) is 3. The Labute approximate surface area is 517 Å². The standard InChI is InChI=1S/C66H128O17P2/c1-56(2)42-34-26-18-11-9-10-12-22-30-38-46-63(68)76-53-62(83-66(71)49-41-33-25-17-21-29-37-45-59(7)8)55-81-85(74,75)79-51-60(67)50-78-84(72,73)80-54-61(82-65(70)48-40-32-24-16-14-20-28-36-44-58(5)6)52-77-64(69)47-39-31-23-15-13-19-27-35-43-57(3)4/h56-62,67H,9-55H2,1-8H3,(H,72,73)(H,74,75)/t60?,61-,62-/m1/s1. The van der Waals surface area contributed by atoms with Crippen molar-refractivity contribution in [2.45, 2.75) is 337 Å². The van der Waals surface area contributed by atoms with Gasteiger partial charge in [0.15, 0.2) is 12.2 Å². The van der Waals surface area contributed by atoms with Crippen LogP contribution in [0.25, 0.3) is 0 Å². The summed E-state index contributed by atoms with van der Waals surface area (Å²) in [6.45, 7) is 14.0. The lowest BCUT2D eigenvalue weighted by molar-refractivity contribution is -0.161. The number of hydrogen-bond acceptors (Lipinski definition) is 15. The number of rotatable bonds is 63. The fourth-order valence-electron chi connectivity index (χ4n) is 9.78. The minimum Gasteiger partial charge on any atom is -0.462 e. The highest BCUT2D eigenvalue weighted by Crippen LogP contribution is 2.45. The first kappa shape index (κ1) is 83.1. The van der Waals surface area contributed by atoms with Gasteiger partial charge in [0.05, 0.1) is 26.4 Å². The van der Waals surface area contributed by atoms with Crippen molar-refractivity contribution in [1.29, 1.82) is 0 Å². The van der Waals surface area contributed by atoms with E-state index in [-0.39, 0.29) is 25.7 Å². The maximum absolute atomic E-state index is 13.0. The Morgan fingerprint density at radius 1 is 0.294 bits per heavy atom. The Hall–Kier alpha value is -1.94. The third-order valence-electron chi connectivity index (χ3n) is 15.1. The van der Waals surface area contributed by atoms with E-state index in [4.69, 9.17) is 37.0 Å². The lowest BCUT2D eigenvalue weighted by atomic mass is 10.0. The molecule has 0 radical (unpaired) electrons. The van der Waals surface area contributed by atoms with Crippen molar-refractivity contribution in [3.8, 4) is 0 Å². The van der Waals surface area contributed by atoms with Gasteiger partial charge in [-0.2, -0.15) is 0 Å². The van der Waals surface area contributed by atoms with Crippen LogP contribution in [0.3, 0.4) is 0 Å². The molecular weight excluding hydrogens is 1130 g/mol. The highest BCUT2D eigenvalue weighted by atomic mass is 31.2. The maximum atomic E-state index is 13.0. The Morgan fingerprint density at radius 3 is 0.729 bits per heavy atom. The third-order valence-corrected chi connectivity index (χ3v) is 17.0. The Morgan fingerprint density at radius 2 is 0.494 bits per heavy atom. The first-order chi connectivity index (χ1) is 40.6. The average molecular weight is 1260 g/mol. The zero-order chi connectivity index (χ0) is 63.2. The van der Waals surface area contributed by atoms with E-state index in [0.29, 0.717) is 31.6 Å². The second kappa shape index (κ2) is 56.1. The largest absolute Gasteiger partial charge is 0.472 e. The molecule has 0 aromatic rings. The fourth-order valence-corrected chi connectivity index (χ4v) is 11.4. The molecule has 85 heavy (non-hydrogen) atoms. The number of aliphatic hydroxyl groups is 1. The van der Waals surface area contributed by atoms with Crippen molar-refractivity contribution in [2.75, 3.05) is 39.6 Å². The van der Waals surface area contributed by atoms with Crippen LogP contribution in [0.1, 0.15) is 319 Å². The predicted octanol–water partition coefficient (Wildman–Crippen LogP) is 18.1. The molecule has 5 atom stereocenters. The van der Waals surface area contributed by atoms with Gasteiger partial charge in [0, 0.05) is 25.7 Å². The lowest BCUT2D eigenvalue weighted by Crippen LogP contribution is -2.30. The summed E-state index contributed by atoms with van der Waals surface area (Å²) < 4.78 is 68.1. The highest BCUT2D eigenvalue weighted by Gasteiger charge is 2.30. The van der Waals surface area contributed by atoms with E-state index in [1.807, 2.05) is 0 Å². The molecular formula is C66H128O17P2. The van der Waals surface area contributed by atoms with Gasteiger partial charge in [-0.15, -0.1) is 0 Å². The number of aliphatic hydroxyl groups excluding tert-OH is 1. The highest BCUT2D eigenvalue weighted by molar-refractivity contribution is 7.47. The number of unbranched alkanes of at least 4 members (excludes halogenated alkanes) is 29. The van der Waals surface area contributed by atoms with E-state index in [1.54, 1.807) is 0 Å². The van der Waals surface area contributed by atoms with Crippen molar-refractivity contribution in [3.05, 3.63) is 0 Å². The zero-order valence-corrected chi connectivity index (χ0v) is 57.0. The summed E-state index contributed by atoms with van der Waals surface area (Å²) in [6, 6.07) is 0. The number of ether oxygens (including phenoxy) is 4. The molecule has 504 valence electrons. The van der Waals surface area contributed by atoms with Crippen LogP contribution in [0, 0.1) is 23.7 Å². The van der Waals surface area contributed by atoms with Crippen LogP contribution in [0.5, 0.6) is 0 Å². The monoisotopic (exact) mass is 1250 g/mol. The zero-order valence-electron chi connectivity index (χ0n) is 55.2. The Kier molecular flexibility index (Phi) is 54.8. The van der Waals surface area contributed by atoms with Gasteiger partial charge >= 0.3 is 39.5 Å². The van der Waals surface area contributed by atoms with E-state index in [1.165, 1.54) is 122 Å². The quantitative estimate of drug-likeness (QED) is 0.0222. The molecule has 0 bridgehead atoms. The SMILES string of the molecule is CC(C)CCCCCCCCCCCCC(=O)OC[C@H](COP(=O)(O)OCC(O)COP(=O)(O)OC[C@@H](COC(=O)CCCCCCCCCCC(C)C)OC(=O)CCCCCCCCCCC(C)C)OC(=O)CCCCCCCCCC(C)C. The Bertz CT molecular complexity index is 1700. The van der Waals surface area contributed by atoms with Gasteiger partial charge in [-0.1, -0.05) is 267 Å². The smallest absolute Gasteiger partial charge is 0.462 e. The lowest BCUT2D eigenvalue weighted by Gasteiger charge is -2.21. The molecule has 0 fully saturated rings. The number of carbonyl (C=O) groups is 4. The van der Waals surface area contributed by atoms with Crippen LogP contribution in [-0.4, -0.2) is 96.7 Å². The van der Waals surface area contributed by atoms with Gasteiger partial charge in [-0.25, -0.2) is 9.13 Å². The van der Waals surface area contributed by atoms with Crippen molar-refractivity contribution in [2.24, 2.45) is 23.7 Å². The summed E-state index contributed by atoms with van der Waals surface area (Å²) in [5.74, 6) is 0.760. The van der Waals surface area contributed by atoms with E-state index in [0.717, 1.165) is 108 Å². The molecule has 19 heteroatoms. The molecule has 0 aromatic heterocycles. The molecule has 0 heterocycles. The first-order valence-corrected chi connectivity index (χ1v) is 37.2.